The molecule has 0 aliphatic carbocycles. The minimum absolute atomic E-state index is 0.0125. The van der Waals surface area contributed by atoms with E-state index in [-0.39, 0.29) is 11.0 Å². The van der Waals surface area contributed by atoms with Crippen LogP contribution in [0.4, 0.5) is 0 Å². The average molecular weight is 261 g/mol. The Balaban J connectivity index is 2.28. The van der Waals surface area contributed by atoms with Crippen LogP contribution in [0.15, 0.2) is 22.9 Å². The van der Waals surface area contributed by atoms with Crippen LogP contribution in [0, 0.1) is 6.92 Å². The predicted octanol–water partition coefficient (Wildman–Crippen LogP) is 3.45. The molecule has 0 aliphatic heterocycles. The number of hydrogen-bond acceptors (Lipinski definition) is 3. The van der Waals surface area contributed by atoms with Crippen molar-refractivity contribution in [2.45, 2.75) is 58.9 Å². The molecule has 19 heavy (non-hydrogen) atoms. The van der Waals surface area contributed by atoms with E-state index < -0.39 is 0 Å². The van der Waals surface area contributed by atoms with Gasteiger partial charge in [0.15, 0.2) is 5.89 Å². The standard InChI is InChI=1S/C15H23N3O/c1-11-10-19-13(17-11)15(5,6)9-12-7-8-16-18(12)14(2,3)4/h7-8,10H,9H2,1-6H3. The van der Waals surface area contributed by atoms with Gasteiger partial charge in [-0.3, -0.25) is 4.68 Å². The first-order chi connectivity index (χ1) is 8.70. The zero-order valence-corrected chi connectivity index (χ0v) is 12.7. The fourth-order valence-electron chi connectivity index (χ4n) is 2.26. The summed E-state index contributed by atoms with van der Waals surface area (Å²) in [7, 11) is 0. The van der Waals surface area contributed by atoms with Gasteiger partial charge in [0.1, 0.15) is 6.26 Å². The molecule has 2 rings (SSSR count). The molecule has 0 amide bonds. The highest BCUT2D eigenvalue weighted by atomic mass is 16.3. The predicted molar refractivity (Wildman–Crippen MR) is 75.2 cm³/mol. The second-order valence-electron chi connectivity index (χ2n) is 6.76. The van der Waals surface area contributed by atoms with Crippen molar-refractivity contribution in [2.24, 2.45) is 0 Å². The van der Waals surface area contributed by atoms with Crippen LogP contribution >= 0.6 is 0 Å². The molecule has 0 bridgehead atoms. The van der Waals surface area contributed by atoms with Crippen LogP contribution in [-0.4, -0.2) is 14.8 Å². The summed E-state index contributed by atoms with van der Waals surface area (Å²) in [6, 6.07) is 2.07. The molecule has 2 heterocycles. The average Bonchev–Trinajstić information content (AvgIpc) is 2.85. The van der Waals surface area contributed by atoms with E-state index in [1.54, 1.807) is 6.26 Å². The van der Waals surface area contributed by atoms with E-state index in [1.165, 1.54) is 5.69 Å². The fourth-order valence-corrected chi connectivity index (χ4v) is 2.26. The number of oxazole rings is 1. The molecule has 2 aromatic heterocycles. The first-order valence-corrected chi connectivity index (χ1v) is 6.66. The summed E-state index contributed by atoms with van der Waals surface area (Å²) in [5.74, 6) is 0.784. The van der Waals surface area contributed by atoms with Gasteiger partial charge in [-0.1, -0.05) is 13.8 Å². The van der Waals surface area contributed by atoms with Gasteiger partial charge >= 0.3 is 0 Å². The van der Waals surface area contributed by atoms with Crippen LogP contribution in [0.1, 0.15) is 51.9 Å². The van der Waals surface area contributed by atoms with Crippen molar-refractivity contribution >= 4 is 0 Å². The SMILES string of the molecule is Cc1coc(C(C)(C)Cc2ccnn2C(C)(C)C)n1. The van der Waals surface area contributed by atoms with E-state index >= 15 is 0 Å². The molecule has 0 N–H and O–H groups in total. The lowest BCUT2D eigenvalue weighted by Crippen LogP contribution is -2.29. The van der Waals surface area contributed by atoms with Gasteiger partial charge in [0, 0.05) is 23.7 Å². The smallest absolute Gasteiger partial charge is 0.200 e. The van der Waals surface area contributed by atoms with Crippen molar-refractivity contribution in [3.63, 3.8) is 0 Å². The number of hydrogen-bond donors (Lipinski definition) is 0. The zero-order valence-electron chi connectivity index (χ0n) is 12.7. The van der Waals surface area contributed by atoms with E-state index in [2.05, 4.69) is 55.4 Å². The third kappa shape index (κ3) is 2.88. The van der Waals surface area contributed by atoms with Crippen LogP contribution < -0.4 is 0 Å². The van der Waals surface area contributed by atoms with Gasteiger partial charge < -0.3 is 4.42 Å². The second-order valence-corrected chi connectivity index (χ2v) is 6.76. The highest BCUT2D eigenvalue weighted by Gasteiger charge is 2.29. The summed E-state index contributed by atoms with van der Waals surface area (Å²) in [5.41, 5.74) is 1.97. The fraction of sp³-hybridized carbons (Fsp3) is 0.600. The quantitative estimate of drug-likeness (QED) is 0.850. The maximum atomic E-state index is 5.56. The normalized spacial score (nSPS) is 12.9. The van der Waals surface area contributed by atoms with E-state index in [9.17, 15) is 0 Å². The minimum atomic E-state index is -0.142. The lowest BCUT2D eigenvalue weighted by molar-refractivity contribution is 0.316. The van der Waals surface area contributed by atoms with Crippen LogP contribution in [0.2, 0.25) is 0 Å². The van der Waals surface area contributed by atoms with Gasteiger partial charge in [-0.2, -0.15) is 5.10 Å². The molecule has 0 fully saturated rings. The summed E-state index contributed by atoms with van der Waals surface area (Å²) >= 11 is 0. The molecular formula is C15H23N3O. The van der Waals surface area contributed by atoms with E-state index in [0.29, 0.717) is 0 Å². The van der Waals surface area contributed by atoms with Crippen molar-refractivity contribution in [3.8, 4) is 0 Å². The third-order valence-corrected chi connectivity index (χ3v) is 3.18. The lowest BCUT2D eigenvalue weighted by Gasteiger charge is -2.26. The Kier molecular flexibility index (Phi) is 3.29. The monoisotopic (exact) mass is 261 g/mol. The Morgan fingerprint density at radius 2 is 1.89 bits per heavy atom. The first kappa shape index (κ1) is 13.8. The van der Waals surface area contributed by atoms with E-state index in [1.807, 2.05) is 13.1 Å². The maximum absolute atomic E-state index is 5.56. The van der Waals surface area contributed by atoms with Crippen LogP contribution in [0.25, 0.3) is 0 Å². The van der Waals surface area contributed by atoms with Crippen molar-refractivity contribution in [1.82, 2.24) is 14.8 Å². The van der Waals surface area contributed by atoms with Gasteiger partial charge in [-0.15, -0.1) is 0 Å². The number of nitrogens with zero attached hydrogens (tertiary/aromatic N) is 3. The van der Waals surface area contributed by atoms with Crippen LogP contribution in [-0.2, 0) is 17.4 Å². The van der Waals surface area contributed by atoms with Gasteiger partial charge in [-0.25, -0.2) is 4.98 Å². The molecule has 4 heteroatoms. The second kappa shape index (κ2) is 4.51. The first-order valence-electron chi connectivity index (χ1n) is 6.66. The van der Waals surface area contributed by atoms with E-state index in [0.717, 1.165) is 18.0 Å². The molecule has 0 aromatic carbocycles. The molecule has 0 saturated heterocycles. The van der Waals surface area contributed by atoms with Gasteiger partial charge in [0.2, 0.25) is 0 Å². The Bertz CT molecular complexity index is 558. The van der Waals surface area contributed by atoms with Crippen molar-refractivity contribution in [3.05, 3.63) is 35.8 Å². The summed E-state index contributed by atoms with van der Waals surface area (Å²) in [6.07, 6.45) is 4.42. The maximum Gasteiger partial charge on any atom is 0.200 e. The van der Waals surface area contributed by atoms with Gasteiger partial charge in [0.25, 0.3) is 0 Å². The highest BCUT2D eigenvalue weighted by Crippen LogP contribution is 2.28. The summed E-state index contributed by atoms with van der Waals surface area (Å²) in [6.45, 7) is 12.7. The number of aromatic nitrogens is 3. The van der Waals surface area contributed by atoms with E-state index in [4.69, 9.17) is 4.42 Å². The third-order valence-electron chi connectivity index (χ3n) is 3.18. The molecule has 0 saturated carbocycles. The topological polar surface area (TPSA) is 43.9 Å². The largest absolute Gasteiger partial charge is 0.448 e. The van der Waals surface area contributed by atoms with Gasteiger partial charge in [-0.05, 0) is 33.8 Å². The van der Waals surface area contributed by atoms with Gasteiger partial charge in [0.05, 0.1) is 11.2 Å². The zero-order chi connectivity index (χ0) is 14.3. The highest BCUT2D eigenvalue weighted by molar-refractivity contribution is 5.13. The summed E-state index contributed by atoms with van der Waals surface area (Å²) in [4.78, 5) is 4.46. The molecule has 0 spiro atoms. The Morgan fingerprint density at radius 1 is 1.21 bits per heavy atom. The molecule has 0 radical (unpaired) electrons. The Labute approximate surface area is 114 Å². The number of rotatable bonds is 3. The number of aryl methyl sites for hydroxylation is 1. The molecule has 0 unspecified atom stereocenters. The molecule has 2 aromatic rings. The van der Waals surface area contributed by atoms with Crippen molar-refractivity contribution < 1.29 is 4.42 Å². The molecule has 0 atom stereocenters. The van der Waals surface area contributed by atoms with Crippen LogP contribution in [0.3, 0.4) is 0 Å². The Hall–Kier alpha value is -1.58. The van der Waals surface area contributed by atoms with Crippen molar-refractivity contribution in [2.75, 3.05) is 0 Å². The molecule has 104 valence electrons. The van der Waals surface area contributed by atoms with Crippen molar-refractivity contribution in [1.29, 1.82) is 0 Å². The van der Waals surface area contributed by atoms with Crippen LogP contribution in [0.5, 0.6) is 0 Å². The minimum Gasteiger partial charge on any atom is -0.448 e. The lowest BCUT2D eigenvalue weighted by atomic mass is 9.87. The molecular weight excluding hydrogens is 238 g/mol. The summed E-state index contributed by atoms with van der Waals surface area (Å²) < 4.78 is 7.64. The molecule has 0 aliphatic rings. The molecule has 4 nitrogen and oxygen atoms in total. The summed E-state index contributed by atoms with van der Waals surface area (Å²) in [5, 5.41) is 4.44. The Morgan fingerprint density at radius 3 is 2.42 bits per heavy atom.